The molecule has 2 aromatic rings. The van der Waals surface area contributed by atoms with Crippen LogP contribution in [0, 0.1) is 12.7 Å². The van der Waals surface area contributed by atoms with Gasteiger partial charge in [-0.05, 0) is 54.8 Å². The molecule has 0 spiro atoms. The molecule has 3 rings (SSSR count). The predicted molar refractivity (Wildman–Crippen MR) is 116 cm³/mol. The van der Waals surface area contributed by atoms with Gasteiger partial charge in [0.05, 0.1) is 18.0 Å². The molecule has 0 saturated carbocycles. The second-order valence-electron chi connectivity index (χ2n) is 7.22. The molecule has 0 radical (unpaired) electrons. The van der Waals surface area contributed by atoms with Crippen LogP contribution >= 0.6 is 11.6 Å². The van der Waals surface area contributed by atoms with Gasteiger partial charge in [0, 0.05) is 18.1 Å². The molecule has 0 bridgehead atoms. The van der Waals surface area contributed by atoms with E-state index < -0.39 is 33.9 Å². The normalized spacial score (nSPS) is 17.0. The molecule has 0 aromatic heterocycles. The summed E-state index contributed by atoms with van der Waals surface area (Å²) in [7, 11) is -4.00. The number of hydrogen-bond acceptors (Lipinski definition) is 5. The molecule has 172 valence electrons. The number of hydrogen-bond donors (Lipinski definition) is 2. The maximum Gasteiger partial charge on any atom is 0.309 e. The van der Waals surface area contributed by atoms with Crippen LogP contribution in [-0.4, -0.2) is 50.5 Å². The van der Waals surface area contributed by atoms with Crippen LogP contribution in [0.4, 0.5) is 4.39 Å². The van der Waals surface area contributed by atoms with E-state index in [2.05, 4.69) is 10.6 Å². The average molecular weight is 484 g/mol. The van der Waals surface area contributed by atoms with Gasteiger partial charge in [-0.1, -0.05) is 23.7 Å². The molecule has 1 aliphatic heterocycles. The second kappa shape index (κ2) is 10.4. The Morgan fingerprint density at radius 2 is 1.84 bits per heavy atom. The van der Waals surface area contributed by atoms with Crippen molar-refractivity contribution in [2.75, 3.05) is 19.7 Å². The summed E-state index contributed by atoms with van der Waals surface area (Å²) < 4.78 is 46.3. The van der Waals surface area contributed by atoms with Crippen LogP contribution in [-0.2, 0) is 30.9 Å². The van der Waals surface area contributed by atoms with Gasteiger partial charge in [0.15, 0.2) is 0 Å². The van der Waals surface area contributed by atoms with E-state index in [0.717, 1.165) is 22.0 Å². The number of ether oxygens (including phenoxy) is 1. The van der Waals surface area contributed by atoms with Gasteiger partial charge in [0.2, 0.25) is 10.0 Å². The molecular weight excluding hydrogens is 461 g/mol. The van der Waals surface area contributed by atoms with Crippen molar-refractivity contribution >= 4 is 33.4 Å². The predicted octanol–water partition coefficient (Wildman–Crippen LogP) is 1.96. The Kier molecular flexibility index (Phi) is 7.83. The van der Waals surface area contributed by atoms with E-state index in [-0.39, 0.29) is 30.1 Å². The second-order valence-corrected chi connectivity index (χ2v) is 9.52. The van der Waals surface area contributed by atoms with Gasteiger partial charge in [-0.25, -0.2) is 12.8 Å². The van der Waals surface area contributed by atoms with Crippen LogP contribution in [0.15, 0.2) is 47.4 Å². The number of sulfonamides is 1. The molecule has 1 atom stereocenters. The fraction of sp³-hybridized carbons (Fsp3) is 0.333. The van der Waals surface area contributed by atoms with Crippen molar-refractivity contribution in [3.05, 3.63) is 64.4 Å². The lowest BCUT2D eigenvalue weighted by molar-refractivity contribution is -0.140. The number of rotatable bonds is 6. The molecule has 2 amide bonds. The highest BCUT2D eigenvalue weighted by Gasteiger charge is 2.35. The highest BCUT2D eigenvalue weighted by molar-refractivity contribution is 7.89. The number of carbonyl (C=O) groups is 2. The molecule has 1 saturated heterocycles. The van der Waals surface area contributed by atoms with E-state index >= 15 is 0 Å². The summed E-state index contributed by atoms with van der Waals surface area (Å²) in [5.74, 6) is -2.31. The average Bonchev–Trinajstić information content (AvgIpc) is 2.76. The van der Waals surface area contributed by atoms with E-state index in [9.17, 15) is 22.4 Å². The van der Waals surface area contributed by atoms with Crippen molar-refractivity contribution in [1.82, 2.24) is 14.9 Å². The Bertz CT molecular complexity index is 1100. The van der Waals surface area contributed by atoms with Crippen molar-refractivity contribution in [2.24, 2.45) is 0 Å². The Balaban J connectivity index is 1.61. The third kappa shape index (κ3) is 5.83. The van der Waals surface area contributed by atoms with E-state index in [1.165, 1.54) is 13.0 Å². The highest BCUT2D eigenvalue weighted by Crippen LogP contribution is 2.25. The topological polar surface area (TPSA) is 105 Å². The van der Waals surface area contributed by atoms with Crippen LogP contribution in [0.3, 0.4) is 0 Å². The molecule has 8 nitrogen and oxygen atoms in total. The monoisotopic (exact) mass is 483 g/mol. The minimum absolute atomic E-state index is 0.0403. The molecule has 0 unspecified atom stereocenters. The maximum atomic E-state index is 13.4. The van der Waals surface area contributed by atoms with E-state index in [1.54, 1.807) is 24.3 Å². The first-order chi connectivity index (χ1) is 15.2. The molecule has 1 heterocycles. The van der Waals surface area contributed by atoms with Crippen molar-refractivity contribution < 1.29 is 27.1 Å². The van der Waals surface area contributed by atoms with Gasteiger partial charge in [-0.15, -0.1) is 0 Å². The maximum absolute atomic E-state index is 13.4. The minimum Gasteiger partial charge on any atom is -0.360 e. The molecular formula is C21H23ClFN3O5S. The molecule has 1 aliphatic rings. The number of aryl methyl sites for hydroxylation is 1. The third-order valence-corrected chi connectivity index (χ3v) is 7.19. The minimum atomic E-state index is -4.00. The smallest absolute Gasteiger partial charge is 0.309 e. The number of amides is 2. The Morgan fingerprint density at radius 1 is 1.16 bits per heavy atom. The Morgan fingerprint density at radius 3 is 2.53 bits per heavy atom. The van der Waals surface area contributed by atoms with Crippen LogP contribution in [0.1, 0.15) is 17.5 Å². The van der Waals surface area contributed by atoms with Crippen molar-refractivity contribution in [3.8, 4) is 0 Å². The van der Waals surface area contributed by atoms with E-state index in [0.29, 0.717) is 18.1 Å². The van der Waals surface area contributed by atoms with Crippen LogP contribution < -0.4 is 10.6 Å². The quantitative estimate of drug-likeness (QED) is 0.611. The number of halogens is 2. The fourth-order valence-corrected chi connectivity index (χ4v) is 5.16. The SMILES string of the molecule is Cc1cc(F)ccc1S(=O)(=O)N1CCCO[C@H]1CNC(=O)C(=O)NCc1ccc(Cl)cc1. The van der Waals surface area contributed by atoms with Crippen LogP contribution in [0.25, 0.3) is 0 Å². The van der Waals surface area contributed by atoms with Crippen molar-refractivity contribution in [1.29, 1.82) is 0 Å². The van der Waals surface area contributed by atoms with E-state index in [1.807, 2.05) is 0 Å². The summed E-state index contributed by atoms with van der Waals surface area (Å²) in [5.41, 5.74) is 1.03. The van der Waals surface area contributed by atoms with Crippen LogP contribution in [0.2, 0.25) is 5.02 Å². The Hall–Kier alpha value is -2.53. The zero-order valence-corrected chi connectivity index (χ0v) is 18.9. The number of nitrogens with zero attached hydrogens (tertiary/aromatic N) is 1. The third-order valence-electron chi connectivity index (χ3n) is 4.89. The fourth-order valence-electron chi connectivity index (χ4n) is 3.26. The molecule has 2 N–H and O–H groups in total. The molecule has 2 aromatic carbocycles. The van der Waals surface area contributed by atoms with E-state index in [4.69, 9.17) is 16.3 Å². The summed E-state index contributed by atoms with van der Waals surface area (Å²) in [6, 6.07) is 10.2. The molecule has 1 fully saturated rings. The van der Waals surface area contributed by atoms with Gasteiger partial charge >= 0.3 is 11.8 Å². The Labute approximate surface area is 190 Å². The summed E-state index contributed by atoms with van der Waals surface area (Å²) in [6.07, 6.45) is -0.530. The first kappa shape index (κ1) is 24.1. The molecule has 0 aliphatic carbocycles. The first-order valence-electron chi connectivity index (χ1n) is 9.88. The number of carbonyl (C=O) groups excluding carboxylic acids is 2. The first-order valence-corrected chi connectivity index (χ1v) is 11.7. The number of nitrogens with one attached hydrogen (secondary N) is 2. The summed E-state index contributed by atoms with van der Waals surface area (Å²) in [6.45, 7) is 1.89. The summed E-state index contributed by atoms with van der Waals surface area (Å²) in [5, 5.41) is 5.45. The number of benzene rings is 2. The summed E-state index contributed by atoms with van der Waals surface area (Å²) in [4.78, 5) is 24.2. The lowest BCUT2D eigenvalue weighted by atomic mass is 10.2. The zero-order chi connectivity index (χ0) is 23.3. The van der Waals surface area contributed by atoms with Gasteiger partial charge in [-0.2, -0.15) is 4.31 Å². The van der Waals surface area contributed by atoms with Crippen molar-refractivity contribution in [3.63, 3.8) is 0 Å². The summed E-state index contributed by atoms with van der Waals surface area (Å²) >= 11 is 5.81. The highest BCUT2D eigenvalue weighted by atomic mass is 35.5. The molecule has 32 heavy (non-hydrogen) atoms. The molecule has 11 heteroatoms. The van der Waals surface area contributed by atoms with Crippen molar-refractivity contribution in [2.45, 2.75) is 31.0 Å². The standard InChI is InChI=1S/C21H23ClFN3O5S/c1-14-11-17(23)7-8-18(14)32(29,30)26-9-2-10-31-19(26)13-25-21(28)20(27)24-12-15-3-5-16(22)6-4-15/h3-8,11,19H,2,9-10,12-13H2,1H3,(H,24,27)(H,25,28)/t19-/m0/s1. The van der Waals surface area contributed by atoms with Gasteiger partial charge < -0.3 is 15.4 Å². The zero-order valence-electron chi connectivity index (χ0n) is 17.3. The van der Waals surface area contributed by atoms with Crippen LogP contribution in [0.5, 0.6) is 0 Å². The lowest BCUT2D eigenvalue weighted by Gasteiger charge is -2.34. The van der Waals surface area contributed by atoms with Gasteiger partial charge in [0.1, 0.15) is 12.0 Å². The largest absolute Gasteiger partial charge is 0.360 e. The van der Waals surface area contributed by atoms with Gasteiger partial charge in [0.25, 0.3) is 0 Å². The van der Waals surface area contributed by atoms with Gasteiger partial charge in [-0.3, -0.25) is 9.59 Å². The lowest BCUT2D eigenvalue weighted by Crippen LogP contribution is -2.53.